The molecule has 6 atom stereocenters. The van der Waals surface area contributed by atoms with Gasteiger partial charge in [-0.2, -0.15) is 0 Å². The van der Waals surface area contributed by atoms with Crippen molar-refractivity contribution in [2.45, 2.75) is 78.2 Å². The highest BCUT2D eigenvalue weighted by atomic mass is 35.5. The zero-order chi connectivity index (χ0) is 21.9. The van der Waals surface area contributed by atoms with Gasteiger partial charge < -0.3 is 5.11 Å². The van der Waals surface area contributed by atoms with Gasteiger partial charge in [0.05, 0.1) is 6.54 Å². The molecule has 3 fully saturated rings. The van der Waals surface area contributed by atoms with Crippen LogP contribution < -0.4 is 0 Å². The van der Waals surface area contributed by atoms with Gasteiger partial charge in [-0.1, -0.05) is 33.3 Å². The van der Waals surface area contributed by atoms with Crippen LogP contribution in [0.5, 0.6) is 0 Å². The molecule has 1 N–H and O–H groups in total. The molecule has 6 heteroatoms. The van der Waals surface area contributed by atoms with E-state index in [1.54, 1.807) is 6.08 Å². The molecule has 0 bridgehead atoms. The summed E-state index contributed by atoms with van der Waals surface area (Å²) in [5, 5.41) is 11.7. The molecule has 5 nitrogen and oxygen atoms in total. The smallest absolute Gasteiger partial charge is 0.178 e. The summed E-state index contributed by atoms with van der Waals surface area (Å²) in [6.07, 6.45) is 6.35. The molecular weight excluding hydrogens is 414 g/mol. The van der Waals surface area contributed by atoms with Gasteiger partial charge in [0.25, 0.3) is 0 Å². The van der Waals surface area contributed by atoms with E-state index in [0.29, 0.717) is 12.8 Å². The van der Waals surface area contributed by atoms with E-state index in [-0.39, 0.29) is 65.9 Å². The van der Waals surface area contributed by atoms with E-state index in [4.69, 9.17) is 0 Å². The lowest BCUT2D eigenvalue weighted by molar-refractivity contribution is -0.169. The fourth-order valence-corrected chi connectivity index (χ4v) is 7.63. The number of fused-ring (bicyclic) bond motifs is 5. The molecule has 0 aromatic heterocycles. The van der Waals surface area contributed by atoms with Crippen LogP contribution in [0.4, 0.5) is 0 Å². The second kappa shape index (κ2) is 8.39. The molecule has 4 rings (SSSR count). The lowest BCUT2D eigenvalue weighted by Gasteiger charge is -2.57. The minimum atomic E-state index is -1.42. The molecule has 0 heterocycles. The summed E-state index contributed by atoms with van der Waals surface area (Å²) in [6.45, 7) is 10.0. The van der Waals surface area contributed by atoms with E-state index in [2.05, 4.69) is 6.92 Å². The fourth-order valence-electron chi connectivity index (χ4n) is 7.63. The molecule has 0 unspecified atom stereocenters. The van der Waals surface area contributed by atoms with Crippen LogP contribution in [-0.2, 0) is 14.4 Å². The first-order chi connectivity index (χ1) is 14.1. The Balaban J connectivity index is 0.00000272. The Morgan fingerprint density at radius 1 is 1.13 bits per heavy atom. The number of hydrogen-bond donors (Lipinski definition) is 1. The normalized spacial score (nSPS) is 41.7. The number of allylic oxidation sites excluding steroid dienone is 1. The van der Waals surface area contributed by atoms with Gasteiger partial charge in [-0.25, -0.2) is 0 Å². The summed E-state index contributed by atoms with van der Waals surface area (Å²) in [6, 6.07) is 0. The number of carbonyl (C=O) groups excluding carboxylic acids is 3. The number of carbonyl (C=O) groups is 3. The lowest BCUT2D eigenvalue weighted by atomic mass is 9.46. The molecule has 31 heavy (non-hydrogen) atoms. The third-order valence-electron chi connectivity index (χ3n) is 9.53. The first-order valence-corrected chi connectivity index (χ1v) is 11.9. The minimum Gasteiger partial charge on any atom is -0.381 e. The average molecular weight is 452 g/mol. The molecule has 174 valence electrons. The Bertz CT molecular complexity index is 805. The molecule has 4 aliphatic carbocycles. The zero-order valence-corrected chi connectivity index (χ0v) is 20.2. The molecule has 0 aromatic rings. The molecule has 4 aliphatic rings. The maximum Gasteiger partial charge on any atom is 0.178 e. The second-order valence-electron chi connectivity index (χ2n) is 10.7. The van der Waals surface area contributed by atoms with E-state index in [1.807, 2.05) is 25.7 Å². The quantitative estimate of drug-likeness (QED) is 0.688. The number of rotatable bonds is 5. The van der Waals surface area contributed by atoms with Crippen molar-refractivity contribution >= 4 is 29.8 Å². The second-order valence-corrected chi connectivity index (χ2v) is 10.7. The number of ketones is 3. The number of likely N-dealkylation sites (N-methyl/N-ethyl adjacent to an activating group) is 1. The lowest BCUT2D eigenvalue weighted by Crippen LogP contribution is -2.61. The predicted molar refractivity (Wildman–Crippen MR) is 122 cm³/mol. The highest BCUT2D eigenvalue weighted by molar-refractivity contribution is 5.94. The summed E-state index contributed by atoms with van der Waals surface area (Å²) < 4.78 is 0. The molecule has 0 aromatic carbocycles. The van der Waals surface area contributed by atoms with Gasteiger partial charge in [-0.05, 0) is 68.5 Å². The van der Waals surface area contributed by atoms with Crippen molar-refractivity contribution in [2.24, 2.45) is 28.6 Å². The van der Waals surface area contributed by atoms with Gasteiger partial charge in [0, 0.05) is 24.2 Å². The molecule has 0 amide bonds. The molecular formula is C25H38ClNO4. The third-order valence-corrected chi connectivity index (χ3v) is 9.53. The van der Waals surface area contributed by atoms with Crippen LogP contribution >= 0.6 is 12.4 Å². The topological polar surface area (TPSA) is 74.7 Å². The van der Waals surface area contributed by atoms with Crippen LogP contribution in [0.25, 0.3) is 0 Å². The predicted octanol–water partition coefficient (Wildman–Crippen LogP) is 3.76. The standard InChI is InChI=1S/C25H37NO4.ClH/c1-5-26(6-2)15-21(29)25(30)12-10-19-18-8-7-16-13-17(27)9-11-23(16,3)22(18)20(28)14-24(19,25)4;/h13,18-19,22,30H,5-12,14-15H2,1-4H3;1H/t18-,19-,22+,23-,24-,25-;/m0./s1. The maximum absolute atomic E-state index is 13.6. The van der Waals surface area contributed by atoms with Crippen molar-refractivity contribution < 1.29 is 19.5 Å². The van der Waals surface area contributed by atoms with Gasteiger partial charge in [0.15, 0.2) is 11.6 Å². The van der Waals surface area contributed by atoms with Crippen molar-refractivity contribution in [1.82, 2.24) is 4.90 Å². The van der Waals surface area contributed by atoms with E-state index >= 15 is 0 Å². The maximum atomic E-state index is 13.6. The van der Waals surface area contributed by atoms with E-state index in [9.17, 15) is 19.5 Å². The van der Waals surface area contributed by atoms with Crippen LogP contribution in [0.2, 0.25) is 0 Å². The Kier molecular flexibility index (Phi) is 6.65. The summed E-state index contributed by atoms with van der Waals surface area (Å²) in [4.78, 5) is 41.0. The molecule has 0 aliphatic heterocycles. The zero-order valence-electron chi connectivity index (χ0n) is 19.4. The van der Waals surface area contributed by atoms with Crippen molar-refractivity contribution in [3.8, 4) is 0 Å². The summed E-state index contributed by atoms with van der Waals surface area (Å²) in [5.41, 5.74) is -1.18. The number of hydrogen-bond acceptors (Lipinski definition) is 5. The summed E-state index contributed by atoms with van der Waals surface area (Å²) >= 11 is 0. The summed E-state index contributed by atoms with van der Waals surface area (Å²) in [5.74, 6) is 0.560. The van der Waals surface area contributed by atoms with Crippen LogP contribution in [0.1, 0.15) is 72.6 Å². The van der Waals surface area contributed by atoms with E-state index in [1.165, 1.54) is 0 Å². The largest absolute Gasteiger partial charge is 0.381 e. The van der Waals surface area contributed by atoms with E-state index < -0.39 is 11.0 Å². The first-order valence-electron chi connectivity index (χ1n) is 11.9. The van der Waals surface area contributed by atoms with Gasteiger partial charge in [0.2, 0.25) is 0 Å². The Morgan fingerprint density at radius 2 is 1.81 bits per heavy atom. The van der Waals surface area contributed by atoms with Crippen LogP contribution in [0, 0.1) is 28.6 Å². The average Bonchev–Trinajstić information content (AvgIpc) is 2.97. The highest BCUT2D eigenvalue weighted by Gasteiger charge is 2.68. The molecule has 3 saturated carbocycles. The third kappa shape index (κ3) is 3.46. The van der Waals surface area contributed by atoms with Crippen LogP contribution in [0.3, 0.4) is 0 Å². The van der Waals surface area contributed by atoms with Crippen LogP contribution in [0.15, 0.2) is 11.6 Å². The molecule has 0 spiro atoms. The molecule has 0 saturated heterocycles. The highest BCUT2D eigenvalue weighted by Crippen LogP contribution is 2.66. The van der Waals surface area contributed by atoms with Gasteiger partial charge >= 0.3 is 0 Å². The van der Waals surface area contributed by atoms with Crippen molar-refractivity contribution in [3.63, 3.8) is 0 Å². The number of nitrogens with zero attached hydrogens (tertiary/aromatic N) is 1. The van der Waals surface area contributed by atoms with Gasteiger partial charge in [0.1, 0.15) is 11.4 Å². The summed E-state index contributed by atoms with van der Waals surface area (Å²) in [7, 11) is 0. The van der Waals surface area contributed by atoms with Gasteiger partial charge in [-0.3, -0.25) is 19.3 Å². The van der Waals surface area contributed by atoms with Crippen molar-refractivity contribution in [3.05, 3.63) is 11.6 Å². The minimum absolute atomic E-state index is 0. The van der Waals surface area contributed by atoms with Crippen molar-refractivity contribution in [2.75, 3.05) is 19.6 Å². The van der Waals surface area contributed by atoms with Gasteiger partial charge in [-0.15, -0.1) is 12.4 Å². The van der Waals surface area contributed by atoms with Crippen molar-refractivity contribution in [1.29, 1.82) is 0 Å². The van der Waals surface area contributed by atoms with Crippen LogP contribution in [-0.4, -0.2) is 52.6 Å². The van der Waals surface area contributed by atoms with E-state index in [0.717, 1.165) is 44.3 Å². The SMILES string of the molecule is CCN(CC)CC(=O)[C@@]1(O)CC[C@H]2[C@@H]3CCC4=CC(=O)CC[C@]4(C)[C@H]3C(=O)C[C@@]21C.Cl. The monoisotopic (exact) mass is 451 g/mol. The first kappa shape index (κ1) is 24.6. The fraction of sp³-hybridized carbons (Fsp3) is 0.800. The molecule has 0 radical (unpaired) electrons. The number of halogens is 1. The number of Topliss-reactive ketones (excluding diaryl/α,β-unsaturated/α-hetero) is 2. The Hall–Kier alpha value is -1.04. The Morgan fingerprint density at radius 3 is 2.45 bits per heavy atom. The Labute approximate surface area is 192 Å². The number of aliphatic hydroxyl groups is 1.